The minimum atomic E-state index is -0.530. The van der Waals surface area contributed by atoms with Crippen LogP contribution in [0.15, 0.2) is 46.4 Å². The van der Waals surface area contributed by atoms with E-state index < -0.39 is 11.8 Å². The van der Waals surface area contributed by atoms with Crippen LogP contribution in [-0.4, -0.2) is 23.5 Å². The second-order valence-corrected chi connectivity index (χ2v) is 7.72. The van der Waals surface area contributed by atoms with Gasteiger partial charge in [0, 0.05) is 10.0 Å². The molecule has 1 heterocycles. The van der Waals surface area contributed by atoms with Crippen LogP contribution in [0.1, 0.15) is 23.6 Å². The van der Waals surface area contributed by atoms with Crippen LogP contribution in [0.25, 0.3) is 6.08 Å². The van der Waals surface area contributed by atoms with Crippen molar-refractivity contribution in [3.05, 3.63) is 63.1 Å². The van der Waals surface area contributed by atoms with Crippen LogP contribution in [-0.2, 0) is 9.59 Å². The van der Waals surface area contributed by atoms with Crippen LogP contribution >= 0.6 is 28.1 Å². The molecule has 0 saturated carbocycles. The smallest absolute Gasteiger partial charge is 0.270 e. The molecule has 0 aliphatic carbocycles. The van der Waals surface area contributed by atoms with Crippen LogP contribution in [0.4, 0.5) is 5.69 Å². The predicted octanol–water partition coefficient (Wildman–Crippen LogP) is 4.30. The Labute approximate surface area is 177 Å². The molecule has 144 valence electrons. The van der Waals surface area contributed by atoms with Crippen molar-refractivity contribution in [2.24, 2.45) is 0 Å². The maximum atomic E-state index is 13.2. The molecule has 5 nitrogen and oxygen atoms in total. The van der Waals surface area contributed by atoms with Crippen molar-refractivity contribution in [3.63, 3.8) is 0 Å². The Morgan fingerprint density at radius 2 is 1.82 bits per heavy atom. The summed E-state index contributed by atoms with van der Waals surface area (Å²) in [5, 5.41) is 2.68. The number of rotatable bonds is 4. The van der Waals surface area contributed by atoms with E-state index in [9.17, 15) is 9.59 Å². The fourth-order valence-electron chi connectivity index (χ4n) is 3.05. The molecule has 0 spiro atoms. The van der Waals surface area contributed by atoms with Crippen LogP contribution in [0, 0.1) is 13.8 Å². The van der Waals surface area contributed by atoms with Gasteiger partial charge in [-0.05, 0) is 80.5 Å². The minimum absolute atomic E-state index is 0.00758. The zero-order valence-corrected chi connectivity index (χ0v) is 18.1. The number of anilines is 1. The Bertz CT molecular complexity index is 996. The Hall–Kier alpha value is -2.51. The number of ether oxygens (including phenoxy) is 1. The molecular formula is C21H19BrN2O3S. The van der Waals surface area contributed by atoms with Crippen LogP contribution in [0.3, 0.4) is 0 Å². The van der Waals surface area contributed by atoms with E-state index in [1.54, 1.807) is 12.1 Å². The molecule has 0 unspecified atom stereocenters. The molecule has 3 rings (SSSR count). The first-order valence-corrected chi connectivity index (χ1v) is 9.92. The number of amides is 2. The highest BCUT2D eigenvalue weighted by molar-refractivity contribution is 9.10. The van der Waals surface area contributed by atoms with Gasteiger partial charge in [-0.3, -0.25) is 19.8 Å². The number of hydrogen-bond acceptors (Lipinski definition) is 4. The monoisotopic (exact) mass is 458 g/mol. The quantitative estimate of drug-likeness (QED) is 0.421. The van der Waals surface area contributed by atoms with Gasteiger partial charge in [0.1, 0.15) is 11.3 Å². The van der Waals surface area contributed by atoms with Crippen molar-refractivity contribution in [1.82, 2.24) is 5.32 Å². The van der Waals surface area contributed by atoms with E-state index in [0.29, 0.717) is 23.6 Å². The molecule has 1 aliphatic rings. The number of hydrogen-bond donors (Lipinski definition) is 1. The summed E-state index contributed by atoms with van der Waals surface area (Å²) in [5.41, 5.74) is 3.24. The third kappa shape index (κ3) is 4.15. The molecule has 2 amide bonds. The average Bonchev–Trinajstić information content (AvgIpc) is 2.60. The third-order valence-corrected chi connectivity index (χ3v) is 4.92. The molecule has 0 aromatic heterocycles. The van der Waals surface area contributed by atoms with Crippen molar-refractivity contribution >= 4 is 56.8 Å². The molecule has 1 N–H and O–H groups in total. The summed E-state index contributed by atoms with van der Waals surface area (Å²) in [6, 6.07) is 11.1. The number of thiocarbonyl (C=S) groups is 1. The zero-order valence-electron chi connectivity index (χ0n) is 15.7. The Kier molecular flexibility index (Phi) is 5.96. The van der Waals surface area contributed by atoms with Gasteiger partial charge in [0.25, 0.3) is 11.8 Å². The molecule has 28 heavy (non-hydrogen) atoms. The van der Waals surface area contributed by atoms with Crippen LogP contribution in [0.2, 0.25) is 0 Å². The van der Waals surface area contributed by atoms with Gasteiger partial charge in [-0.1, -0.05) is 22.0 Å². The van der Waals surface area contributed by atoms with E-state index in [-0.39, 0.29) is 10.7 Å². The summed E-state index contributed by atoms with van der Waals surface area (Å²) in [4.78, 5) is 27.1. The van der Waals surface area contributed by atoms with Gasteiger partial charge in [-0.15, -0.1) is 0 Å². The van der Waals surface area contributed by atoms with Crippen molar-refractivity contribution in [1.29, 1.82) is 0 Å². The highest BCUT2D eigenvalue weighted by atomic mass is 79.9. The Balaban J connectivity index is 2.08. The van der Waals surface area contributed by atoms with E-state index in [2.05, 4.69) is 21.2 Å². The molecule has 7 heteroatoms. The molecule has 2 aromatic carbocycles. The SMILES string of the molecule is CCOc1ccc(Br)cc1/C=C1\C(=O)NC(=S)N(c2cc(C)cc(C)c2)C1=O. The molecule has 0 bridgehead atoms. The maximum absolute atomic E-state index is 13.2. The first kappa shape index (κ1) is 20.2. The summed E-state index contributed by atoms with van der Waals surface area (Å²) < 4.78 is 6.43. The highest BCUT2D eigenvalue weighted by Gasteiger charge is 2.34. The number of aryl methyl sites for hydroxylation is 2. The summed E-state index contributed by atoms with van der Waals surface area (Å²) in [5.74, 6) is -0.413. The van der Waals surface area contributed by atoms with Crippen LogP contribution < -0.4 is 15.0 Å². The van der Waals surface area contributed by atoms with Gasteiger partial charge in [0.05, 0.1) is 12.3 Å². The highest BCUT2D eigenvalue weighted by Crippen LogP contribution is 2.28. The minimum Gasteiger partial charge on any atom is -0.493 e. The Morgan fingerprint density at radius 3 is 2.46 bits per heavy atom. The number of carbonyl (C=O) groups excluding carboxylic acids is 2. The van der Waals surface area contributed by atoms with Crippen molar-refractivity contribution < 1.29 is 14.3 Å². The average molecular weight is 459 g/mol. The lowest BCUT2D eigenvalue weighted by atomic mass is 10.0. The van der Waals surface area contributed by atoms with Crippen LogP contribution in [0.5, 0.6) is 5.75 Å². The largest absolute Gasteiger partial charge is 0.493 e. The molecule has 0 radical (unpaired) electrons. The molecule has 0 atom stereocenters. The summed E-state index contributed by atoms with van der Waals surface area (Å²) >= 11 is 8.68. The van der Waals surface area contributed by atoms with Gasteiger partial charge in [0.2, 0.25) is 0 Å². The first-order valence-electron chi connectivity index (χ1n) is 8.72. The predicted molar refractivity (Wildman–Crippen MR) is 117 cm³/mol. The van der Waals surface area contributed by atoms with E-state index in [1.807, 2.05) is 45.0 Å². The summed E-state index contributed by atoms with van der Waals surface area (Å²) in [6.07, 6.45) is 1.53. The molecule has 1 fully saturated rings. The lowest BCUT2D eigenvalue weighted by Gasteiger charge is -2.29. The van der Waals surface area contributed by atoms with Gasteiger partial charge in [0.15, 0.2) is 5.11 Å². The number of nitrogens with one attached hydrogen (secondary N) is 1. The second-order valence-electron chi connectivity index (χ2n) is 6.42. The van der Waals surface area contributed by atoms with E-state index >= 15 is 0 Å². The van der Waals surface area contributed by atoms with Gasteiger partial charge >= 0.3 is 0 Å². The van der Waals surface area contributed by atoms with E-state index in [0.717, 1.165) is 15.6 Å². The van der Waals surface area contributed by atoms with Gasteiger partial charge in [-0.2, -0.15) is 0 Å². The Morgan fingerprint density at radius 1 is 1.14 bits per heavy atom. The lowest BCUT2D eigenvalue weighted by Crippen LogP contribution is -2.54. The summed E-state index contributed by atoms with van der Waals surface area (Å²) in [6.45, 7) is 6.23. The summed E-state index contributed by atoms with van der Waals surface area (Å²) in [7, 11) is 0. The molecule has 1 saturated heterocycles. The zero-order chi connectivity index (χ0) is 20.4. The first-order chi connectivity index (χ1) is 13.3. The maximum Gasteiger partial charge on any atom is 0.270 e. The molecular weight excluding hydrogens is 440 g/mol. The fraction of sp³-hybridized carbons (Fsp3) is 0.190. The number of carbonyl (C=O) groups is 2. The van der Waals surface area contributed by atoms with E-state index in [1.165, 1.54) is 11.0 Å². The van der Waals surface area contributed by atoms with Crippen molar-refractivity contribution in [3.8, 4) is 5.75 Å². The number of benzene rings is 2. The fourth-order valence-corrected chi connectivity index (χ4v) is 3.71. The number of nitrogens with zero attached hydrogens (tertiary/aromatic N) is 1. The lowest BCUT2D eigenvalue weighted by molar-refractivity contribution is -0.122. The number of halogens is 1. The van der Waals surface area contributed by atoms with Gasteiger partial charge in [-0.25, -0.2) is 0 Å². The standard InChI is InChI=1S/C21H19BrN2O3S/c1-4-27-18-6-5-15(22)10-14(18)11-17-19(25)23-21(28)24(20(17)26)16-8-12(2)7-13(3)9-16/h5-11H,4H2,1-3H3,(H,23,25,28)/b17-11+. The normalized spacial score (nSPS) is 15.8. The van der Waals surface area contributed by atoms with Crippen molar-refractivity contribution in [2.45, 2.75) is 20.8 Å². The topological polar surface area (TPSA) is 58.6 Å². The van der Waals surface area contributed by atoms with Crippen molar-refractivity contribution in [2.75, 3.05) is 11.5 Å². The molecule has 1 aliphatic heterocycles. The van der Waals surface area contributed by atoms with Gasteiger partial charge < -0.3 is 4.74 Å². The second kappa shape index (κ2) is 8.24. The molecule has 2 aromatic rings. The van der Waals surface area contributed by atoms with E-state index in [4.69, 9.17) is 17.0 Å². The third-order valence-electron chi connectivity index (χ3n) is 4.14.